The molecule has 0 fully saturated rings. The number of benzene rings is 3. The number of rotatable bonds is 8. The fourth-order valence-corrected chi connectivity index (χ4v) is 4.66. The van der Waals surface area contributed by atoms with Crippen LogP contribution in [0.5, 0.6) is 11.5 Å². The second kappa shape index (κ2) is 10.7. The zero-order valence-electron chi connectivity index (χ0n) is 23.2. The molecule has 0 saturated heterocycles. The van der Waals surface area contributed by atoms with Gasteiger partial charge < -0.3 is 20.3 Å². The van der Waals surface area contributed by atoms with Crippen molar-refractivity contribution in [3.63, 3.8) is 0 Å². The molecular weight excluding hydrogens is 446 g/mol. The van der Waals surface area contributed by atoms with Crippen molar-refractivity contribution in [2.45, 2.75) is 76.9 Å². The first-order chi connectivity index (χ1) is 16.8. The molecule has 0 aliphatic carbocycles. The average molecular weight is 490 g/mol. The van der Waals surface area contributed by atoms with Crippen LogP contribution in [0.2, 0.25) is 0 Å². The molecule has 0 radical (unpaired) electrons. The summed E-state index contributed by atoms with van der Waals surface area (Å²) in [6, 6.07) is 21.7. The molecule has 0 spiro atoms. The SMILES string of the molecule is COc1ccc(C(C)(C)C)cc1C(O)(c1cc(C(C)(C)C)ccc1OC)C(N)CCc1ccccc1. The number of nitrogens with two attached hydrogens (primary N) is 1. The topological polar surface area (TPSA) is 64.7 Å². The van der Waals surface area contributed by atoms with Gasteiger partial charge >= 0.3 is 0 Å². The summed E-state index contributed by atoms with van der Waals surface area (Å²) in [6.45, 7) is 13.0. The first-order valence-electron chi connectivity index (χ1n) is 12.7. The van der Waals surface area contributed by atoms with Gasteiger partial charge in [-0.1, -0.05) is 84.0 Å². The van der Waals surface area contributed by atoms with Crippen LogP contribution in [0.15, 0.2) is 66.7 Å². The van der Waals surface area contributed by atoms with E-state index in [1.807, 2.05) is 42.5 Å². The monoisotopic (exact) mass is 489 g/mol. The van der Waals surface area contributed by atoms with E-state index in [1.165, 1.54) is 5.56 Å². The third kappa shape index (κ3) is 5.77. The van der Waals surface area contributed by atoms with E-state index in [2.05, 4.69) is 65.8 Å². The molecule has 3 N–H and O–H groups in total. The van der Waals surface area contributed by atoms with Gasteiger partial charge in [-0.25, -0.2) is 0 Å². The lowest BCUT2D eigenvalue weighted by atomic mass is 9.74. The number of hydrogen-bond donors (Lipinski definition) is 2. The highest BCUT2D eigenvalue weighted by molar-refractivity contribution is 5.54. The molecule has 0 aromatic heterocycles. The summed E-state index contributed by atoms with van der Waals surface area (Å²) in [5, 5.41) is 12.8. The minimum absolute atomic E-state index is 0.118. The van der Waals surface area contributed by atoms with Gasteiger partial charge in [-0.3, -0.25) is 0 Å². The van der Waals surface area contributed by atoms with Crippen LogP contribution >= 0.6 is 0 Å². The minimum atomic E-state index is -1.55. The second-order valence-electron chi connectivity index (χ2n) is 11.7. The van der Waals surface area contributed by atoms with Gasteiger partial charge in [0.25, 0.3) is 0 Å². The van der Waals surface area contributed by atoms with Crippen LogP contribution in [0.4, 0.5) is 0 Å². The lowest BCUT2D eigenvalue weighted by Crippen LogP contribution is -2.47. The normalized spacial score (nSPS) is 13.4. The van der Waals surface area contributed by atoms with E-state index in [9.17, 15) is 5.11 Å². The Hall–Kier alpha value is -2.82. The van der Waals surface area contributed by atoms with Crippen LogP contribution < -0.4 is 15.2 Å². The van der Waals surface area contributed by atoms with Crippen LogP contribution in [0.25, 0.3) is 0 Å². The molecule has 0 aliphatic rings. The minimum Gasteiger partial charge on any atom is -0.496 e. The Bertz CT molecular complexity index is 1090. The fourth-order valence-electron chi connectivity index (χ4n) is 4.66. The Labute approximate surface area is 217 Å². The third-order valence-corrected chi connectivity index (χ3v) is 7.08. The van der Waals surface area contributed by atoms with Gasteiger partial charge in [0.1, 0.15) is 17.1 Å². The Morgan fingerprint density at radius 2 is 1.17 bits per heavy atom. The van der Waals surface area contributed by atoms with Crippen LogP contribution in [0.1, 0.15) is 75.8 Å². The van der Waals surface area contributed by atoms with Crippen molar-refractivity contribution in [3.8, 4) is 11.5 Å². The maximum atomic E-state index is 12.8. The standard InChI is InChI=1S/C32H43NO3/c1-30(2,3)23-15-17-27(35-7)25(20-23)32(34,29(33)19-14-22-12-10-9-11-13-22)26-21-24(31(4,5)6)16-18-28(26)36-8/h9-13,15-18,20-21,29,34H,14,19,33H2,1-8H3. The Balaban J connectivity index is 2.28. The smallest absolute Gasteiger partial charge is 0.137 e. The van der Waals surface area contributed by atoms with Crippen LogP contribution in [-0.2, 0) is 22.9 Å². The summed E-state index contributed by atoms with van der Waals surface area (Å²) >= 11 is 0. The molecule has 1 atom stereocenters. The van der Waals surface area contributed by atoms with E-state index in [1.54, 1.807) is 14.2 Å². The van der Waals surface area contributed by atoms with Crippen molar-refractivity contribution in [1.82, 2.24) is 0 Å². The second-order valence-corrected chi connectivity index (χ2v) is 11.7. The number of methoxy groups -OCH3 is 2. The number of ether oxygens (including phenoxy) is 2. The van der Waals surface area contributed by atoms with Crippen LogP contribution in [-0.4, -0.2) is 25.4 Å². The first kappa shape index (κ1) is 27.8. The van der Waals surface area contributed by atoms with Crippen molar-refractivity contribution in [2.24, 2.45) is 5.73 Å². The molecule has 4 heteroatoms. The van der Waals surface area contributed by atoms with E-state index in [0.29, 0.717) is 29.0 Å². The lowest BCUT2D eigenvalue weighted by Gasteiger charge is -2.38. The van der Waals surface area contributed by atoms with Crippen molar-refractivity contribution < 1.29 is 14.6 Å². The molecule has 0 heterocycles. The van der Waals surface area contributed by atoms with Gasteiger partial charge in [0.2, 0.25) is 0 Å². The highest BCUT2D eigenvalue weighted by Gasteiger charge is 2.43. The molecule has 0 aliphatic heterocycles. The molecule has 36 heavy (non-hydrogen) atoms. The molecule has 3 aromatic rings. The zero-order chi connectivity index (χ0) is 26.7. The predicted octanol–water partition coefficient (Wildman–Crippen LogP) is 6.49. The maximum absolute atomic E-state index is 12.8. The van der Waals surface area contributed by atoms with Gasteiger partial charge in [-0.05, 0) is 64.6 Å². The van der Waals surface area contributed by atoms with Crippen molar-refractivity contribution >= 4 is 0 Å². The Morgan fingerprint density at radius 3 is 1.56 bits per heavy atom. The van der Waals surface area contributed by atoms with Crippen LogP contribution in [0.3, 0.4) is 0 Å². The fraction of sp³-hybridized carbons (Fsp3) is 0.438. The molecule has 194 valence electrons. The van der Waals surface area contributed by atoms with Crippen molar-refractivity contribution in [1.29, 1.82) is 0 Å². The maximum Gasteiger partial charge on any atom is 0.137 e. The highest BCUT2D eigenvalue weighted by atomic mass is 16.5. The quantitative estimate of drug-likeness (QED) is 0.379. The van der Waals surface area contributed by atoms with Gasteiger partial charge in [0.15, 0.2) is 0 Å². The number of aryl methyl sites for hydroxylation is 1. The van der Waals surface area contributed by atoms with Crippen molar-refractivity contribution in [3.05, 3.63) is 94.5 Å². The first-order valence-corrected chi connectivity index (χ1v) is 12.7. The van der Waals surface area contributed by atoms with E-state index in [-0.39, 0.29) is 10.8 Å². The molecular formula is C32H43NO3. The molecule has 4 nitrogen and oxygen atoms in total. The largest absolute Gasteiger partial charge is 0.496 e. The molecule has 3 aromatic carbocycles. The summed E-state index contributed by atoms with van der Waals surface area (Å²) in [5.41, 5.74) is 9.87. The molecule has 0 saturated carbocycles. The van der Waals surface area contributed by atoms with E-state index in [4.69, 9.17) is 15.2 Å². The summed E-state index contributed by atoms with van der Waals surface area (Å²) in [7, 11) is 3.27. The third-order valence-electron chi connectivity index (χ3n) is 7.08. The summed E-state index contributed by atoms with van der Waals surface area (Å²) in [5.74, 6) is 1.20. The molecule has 3 rings (SSSR count). The summed E-state index contributed by atoms with van der Waals surface area (Å²) in [4.78, 5) is 0. The van der Waals surface area contributed by atoms with E-state index < -0.39 is 11.6 Å². The van der Waals surface area contributed by atoms with E-state index in [0.717, 1.165) is 17.5 Å². The van der Waals surface area contributed by atoms with Crippen molar-refractivity contribution in [2.75, 3.05) is 14.2 Å². The van der Waals surface area contributed by atoms with Gasteiger partial charge in [0, 0.05) is 17.2 Å². The lowest BCUT2D eigenvalue weighted by molar-refractivity contribution is 0.0436. The zero-order valence-corrected chi connectivity index (χ0v) is 23.2. The number of hydrogen-bond acceptors (Lipinski definition) is 4. The Morgan fingerprint density at radius 1 is 0.722 bits per heavy atom. The average Bonchev–Trinajstić information content (AvgIpc) is 2.85. The molecule has 1 unspecified atom stereocenters. The van der Waals surface area contributed by atoms with Gasteiger partial charge in [0.05, 0.1) is 14.2 Å². The van der Waals surface area contributed by atoms with Gasteiger partial charge in [-0.2, -0.15) is 0 Å². The summed E-state index contributed by atoms with van der Waals surface area (Å²) < 4.78 is 11.6. The van der Waals surface area contributed by atoms with Gasteiger partial charge in [-0.15, -0.1) is 0 Å². The predicted molar refractivity (Wildman–Crippen MR) is 149 cm³/mol. The summed E-state index contributed by atoms with van der Waals surface area (Å²) in [6.07, 6.45) is 1.32. The number of aliphatic hydroxyl groups is 1. The van der Waals surface area contributed by atoms with Crippen LogP contribution in [0, 0.1) is 0 Å². The molecule has 0 amide bonds. The Kier molecular flexibility index (Phi) is 8.22. The van der Waals surface area contributed by atoms with E-state index >= 15 is 0 Å². The highest BCUT2D eigenvalue weighted by Crippen LogP contribution is 2.45. The molecule has 0 bridgehead atoms.